The standard InChI is InChI=1S/C22H28O10/c1-10-14(8-12-6-7-29-21(28)16(10)12)31-22-19(26)18(25)17(24)15(32-22)9-30-20(27)11-2-4-13(23)5-3-11/h2-5,10,12,14-19,22-26H,6-9H2,1H3/t10-,12+,14+,15-,16-,17-,18+,19-,22-/m1/s1. The first-order valence-electron chi connectivity index (χ1n) is 10.7. The third-order valence-electron chi connectivity index (χ3n) is 6.66. The van der Waals surface area contributed by atoms with Crippen molar-refractivity contribution in [3.63, 3.8) is 0 Å². The van der Waals surface area contributed by atoms with E-state index >= 15 is 0 Å². The van der Waals surface area contributed by atoms with Gasteiger partial charge in [0.2, 0.25) is 0 Å². The predicted molar refractivity (Wildman–Crippen MR) is 106 cm³/mol. The number of rotatable bonds is 5. The van der Waals surface area contributed by atoms with Gasteiger partial charge in [-0.3, -0.25) is 4.79 Å². The fourth-order valence-electron chi connectivity index (χ4n) is 4.79. The van der Waals surface area contributed by atoms with Gasteiger partial charge in [-0.15, -0.1) is 0 Å². The third-order valence-corrected chi connectivity index (χ3v) is 6.66. The molecule has 3 aliphatic rings. The SMILES string of the molecule is C[C@H]1[C@H]2C(=O)OCC[C@H]2C[C@@H]1O[C@@H]1O[C@H](COC(=O)c2ccc(O)cc2)[C@@H](O)[C@H](O)[C@H]1O. The van der Waals surface area contributed by atoms with E-state index in [1.54, 1.807) is 0 Å². The molecule has 1 aromatic rings. The predicted octanol–water partition coefficient (Wildman–Crippen LogP) is -0.0391. The molecule has 0 unspecified atom stereocenters. The Labute approximate surface area is 184 Å². The highest BCUT2D eigenvalue weighted by Gasteiger charge is 2.51. The van der Waals surface area contributed by atoms with E-state index in [0.717, 1.165) is 6.42 Å². The van der Waals surface area contributed by atoms with E-state index in [2.05, 4.69) is 0 Å². The topological polar surface area (TPSA) is 152 Å². The molecule has 0 spiro atoms. The molecule has 0 radical (unpaired) electrons. The lowest BCUT2D eigenvalue weighted by Gasteiger charge is -2.41. The quantitative estimate of drug-likeness (QED) is 0.448. The Bertz CT molecular complexity index is 827. The van der Waals surface area contributed by atoms with Crippen LogP contribution in [-0.2, 0) is 23.7 Å². The largest absolute Gasteiger partial charge is 0.508 e. The number of aliphatic hydroxyl groups is 3. The van der Waals surface area contributed by atoms with Crippen molar-refractivity contribution in [2.24, 2.45) is 17.8 Å². The fourth-order valence-corrected chi connectivity index (χ4v) is 4.79. The smallest absolute Gasteiger partial charge is 0.338 e. The zero-order valence-electron chi connectivity index (χ0n) is 17.6. The zero-order chi connectivity index (χ0) is 23.0. The van der Waals surface area contributed by atoms with E-state index in [1.807, 2.05) is 6.92 Å². The molecule has 3 fully saturated rings. The van der Waals surface area contributed by atoms with Gasteiger partial charge in [0.05, 0.1) is 24.2 Å². The highest BCUT2D eigenvalue weighted by molar-refractivity contribution is 5.89. The van der Waals surface area contributed by atoms with E-state index in [-0.39, 0.29) is 41.6 Å². The number of cyclic esters (lactones) is 1. The van der Waals surface area contributed by atoms with E-state index < -0.39 is 42.8 Å². The average molecular weight is 452 g/mol. The summed E-state index contributed by atoms with van der Waals surface area (Å²) in [6, 6.07) is 5.43. The number of fused-ring (bicyclic) bond motifs is 1. The van der Waals surface area contributed by atoms with Crippen LogP contribution in [0.15, 0.2) is 24.3 Å². The Hall–Kier alpha value is -2.24. The summed E-state index contributed by atoms with van der Waals surface area (Å²) in [5.74, 6) is -1.29. The summed E-state index contributed by atoms with van der Waals surface area (Å²) in [5, 5.41) is 40.3. The van der Waals surface area contributed by atoms with E-state index in [1.165, 1.54) is 24.3 Å². The number of carbonyl (C=O) groups is 2. The molecule has 10 heteroatoms. The van der Waals surface area contributed by atoms with Crippen LogP contribution in [-0.4, -0.2) is 82.4 Å². The van der Waals surface area contributed by atoms with E-state index in [4.69, 9.17) is 18.9 Å². The Morgan fingerprint density at radius 1 is 1.12 bits per heavy atom. The summed E-state index contributed by atoms with van der Waals surface area (Å²) in [6.07, 6.45) is -6.07. The minimum absolute atomic E-state index is 0.000988. The molecule has 0 bridgehead atoms. The minimum Gasteiger partial charge on any atom is -0.508 e. The molecular weight excluding hydrogens is 424 g/mol. The summed E-state index contributed by atoms with van der Waals surface area (Å²) in [5.41, 5.74) is 0.191. The molecule has 176 valence electrons. The van der Waals surface area contributed by atoms with Crippen molar-refractivity contribution in [2.75, 3.05) is 13.2 Å². The molecule has 10 nitrogen and oxygen atoms in total. The molecule has 9 atom stereocenters. The van der Waals surface area contributed by atoms with Crippen LogP contribution in [0.3, 0.4) is 0 Å². The maximum Gasteiger partial charge on any atom is 0.338 e. The lowest BCUT2D eigenvalue weighted by molar-refractivity contribution is -0.313. The van der Waals surface area contributed by atoms with Crippen LogP contribution in [0.25, 0.3) is 0 Å². The summed E-state index contributed by atoms with van der Waals surface area (Å²) in [7, 11) is 0. The molecule has 1 saturated carbocycles. The molecule has 0 aromatic heterocycles. The van der Waals surface area contributed by atoms with Gasteiger partial charge in [0, 0.05) is 0 Å². The molecule has 4 rings (SSSR count). The van der Waals surface area contributed by atoms with Gasteiger partial charge in [0.15, 0.2) is 6.29 Å². The van der Waals surface area contributed by atoms with Gasteiger partial charge < -0.3 is 39.4 Å². The number of esters is 2. The van der Waals surface area contributed by atoms with E-state index in [0.29, 0.717) is 13.0 Å². The maximum atomic E-state index is 12.2. The first-order valence-corrected chi connectivity index (χ1v) is 10.7. The molecule has 0 amide bonds. The first-order chi connectivity index (χ1) is 15.3. The summed E-state index contributed by atoms with van der Waals surface area (Å²) >= 11 is 0. The van der Waals surface area contributed by atoms with Crippen molar-refractivity contribution in [2.45, 2.75) is 56.6 Å². The van der Waals surface area contributed by atoms with Crippen molar-refractivity contribution in [1.82, 2.24) is 0 Å². The summed E-state index contributed by atoms with van der Waals surface area (Å²) in [4.78, 5) is 24.3. The summed E-state index contributed by atoms with van der Waals surface area (Å²) in [6.45, 7) is 1.86. The fraction of sp³-hybridized carbons (Fsp3) is 0.636. The van der Waals surface area contributed by atoms with Crippen LogP contribution >= 0.6 is 0 Å². The van der Waals surface area contributed by atoms with Gasteiger partial charge in [-0.1, -0.05) is 6.92 Å². The van der Waals surface area contributed by atoms with Crippen LogP contribution in [0, 0.1) is 17.8 Å². The van der Waals surface area contributed by atoms with Crippen LogP contribution in [0.1, 0.15) is 30.1 Å². The average Bonchev–Trinajstić information content (AvgIpc) is 3.10. The van der Waals surface area contributed by atoms with E-state index in [9.17, 15) is 30.0 Å². The second kappa shape index (κ2) is 9.32. The van der Waals surface area contributed by atoms with Gasteiger partial charge in [-0.25, -0.2) is 4.79 Å². The van der Waals surface area contributed by atoms with Crippen LogP contribution in [0.4, 0.5) is 0 Å². The monoisotopic (exact) mass is 452 g/mol. The first kappa shape index (κ1) is 22.9. The lowest BCUT2D eigenvalue weighted by atomic mass is 9.87. The third kappa shape index (κ3) is 4.46. The van der Waals surface area contributed by atoms with Crippen LogP contribution in [0.2, 0.25) is 0 Å². The van der Waals surface area contributed by atoms with Gasteiger partial charge >= 0.3 is 11.9 Å². The Kier molecular flexibility index (Phi) is 6.68. The van der Waals surface area contributed by atoms with Gasteiger partial charge in [-0.05, 0) is 48.9 Å². The number of aromatic hydroxyl groups is 1. The molecule has 2 saturated heterocycles. The molecule has 4 N–H and O–H groups in total. The number of carbonyl (C=O) groups excluding carboxylic acids is 2. The van der Waals surface area contributed by atoms with Gasteiger partial charge in [0.1, 0.15) is 36.8 Å². The number of hydrogen-bond acceptors (Lipinski definition) is 10. The van der Waals surface area contributed by atoms with Crippen molar-refractivity contribution in [3.8, 4) is 5.75 Å². The Morgan fingerprint density at radius 3 is 2.53 bits per heavy atom. The normalized spacial score (nSPS) is 39.2. The molecule has 2 aliphatic heterocycles. The minimum atomic E-state index is -1.57. The van der Waals surface area contributed by atoms with Gasteiger partial charge in [-0.2, -0.15) is 0 Å². The molecule has 1 aliphatic carbocycles. The van der Waals surface area contributed by atoms with Crippen molar-refractivity contribution in [1.29, 1.82) is 0 Å². The maximum absolute atomic E-state index is 12.2. The Morgan fingerprint density at radius 2 is 1.84 bits per heavy atom. The van der Waals surface area contributed by atoms with Crippen LogP contribution < -0.4 is 0 Å². The number of hydrogen-bond donors (Lipinski definition) is 4. The number of benzene rings is 1. The number of phenols is 1. The molecular formula is C22H28O10. The van der Waals surface area contributed by atoms with Crippen molar-refractivity contribution in [3.05, 3.63) is 29.8 Å². The zero-order valence-corrected chi connectivity index (χ0v) is 17.6. The second-order valence-electron chi connectivity index (χ2n) is 8.67. The summed E-state index contributed by atoms with van der Waals surface area (Å²) < 4.78 is 21.9. The van der Waals surface area contributed by atoms with Crippen molar-refractivity contribution < 1.29 is 49.0 Å². The molecule has 2 heterocycles. The highest BCUT2D eigenvalue weighted by atomic mass is 16.7. The Balaban J connectivity index is 1.38. The molecule has 1 aromatic carbocycles. The number of phenolic OH excluding ortho intramolecular Hbond substituents is 1. The highest BCUT2D eigenvalue weighted by Crippen LogP contribution is 2.44. The van der Waals surface area contributed by atoms with Gasteiger partial charge in [0.25, 0.3) is 0 Å². The lowest BCUT2D eigenvalue weighted by Crippen LogP contribution is -2.60. The number of ether oxygens (including phenoxy) is 4. The number of aliphatic hydroxyl groups excluding tert-OH is 3. The van der Waals surface area contributed by atoms with Crippen LogP contribution in [0.5, 0.6) is 5.75 Å². The second-order valence-corrected chi connectivity index (χ2v) is 8.67. The van der Waals surface area contributed by atoms with Crippen molar-refractivity contribution >= 4 is 11.9 Å². The molecule has 32 heavy (non-hydrogen) atoms.